The number of hydrogen-bond donors (Lipinski definition) is 2. The molecule has 1 heterocycles. The number of carbonyl (C=O) groups excluding carboxylic acids is 1. The maximum Gasteiger partial charge on any atom is 0.261 e. The predicted octanol–water partition coefficient (Wildman–Crippen LogP) is 2.26. The number of nitrogens with two attached hydrogens (primary N) is 1. The van der Waals surface area contributed by atoms with E-state index in [-0.39, 0.29) is 5.91 Å². The van der Waals surface area contributed by atoms with E-state index in [4.69, 9.17) is 5.73 Å². The number of amides is 1. The summed E-state index contributed by atoms with van der Waals surface area (Å²) >= 11 is 1.66. The molecule has 2 rings (SSSR count). The minimum Gasteiger partial charge on any atom is -0.348 e. The smallest absolute Gasteiger partial charge is 0.261 e. The molecular weight excluding hydrogens is 244 g/mol. The molecule has 0 atom stereocenters. The number of thiophene rings is 1. The summed E-state index contributed by atoms with van der Waals surface area (Å²) < 4.78 is 0. The maximum atomic E-state index is 11.9. The van der Waals surface area contributed by atoms with Crippen LogP contribution in [0.4, 0.5) is 0 Å². The van der Waals surface area contributed by atoms with Crippen molar-refractivity contribution in [3.8, 4) is 0 Å². The minimum absolute atomic E-state index is 0.0368. The molecule has 3 N–H and O–H groups in total. The van der Waals surface area contributed by atoms with Crippen LogP contribution in [0.25, 0.3) is 0 Å². The Kier molecular flexibility index (Phi) is 4.96. The van der Waals surface area contributed by atoms with Crippen molar-refractivity contribution in [3.05, 3.63) is 33.5 Å². The Morgan fingerprint density at radius 2 is 2.17 bits per heavy atom. The lowest BCUT2D eigenvalue weighted by molar-refractivity contribution is 0.0962. The van der Waals surface area contributed by atoms with Crippen molar-refractivity contribution >= 4 is 17.2 Å². The van der Waals surface area contributed by atoms with E-state index in [1.807, 2.05) is 12.2 Å². The molecule has 3 nitrogen and oxygen atoms in total. The highest BCUT2D eigenvalue weighted by molar-refractivity contribution is 7.14. The molecule has 1 amide bonds. The summed E-state index contributed by atoms with van der Waals surface area (Å²) in [5.74, 6) is 0.0368. The Hall–Kier alpha value is -1.13. The van der Waals surface area contributed by atoms with Crippen molar-refractivity contribution in [2.75, 3.05) is 13.1 Å². The van der Waals surface area contributed by atoms with Gasteiger partial charge < -0.3 is 11.1 Å². The predicted molar refractivity (Wildman–Crippen MR) is 76.1 cm³/mol. The van der Waals surface area contributed by atoms with Crippen LogP contribution in [0.2, 0.25) is 0 Å². The van der Waals surface area contributed by atoms with E-state index in [0.29, 0.717) is 13.1 Å². The molecule has 0 radical (unpaired) electrons. The van der Waals surface area contributed by atoms with Crippen LogP contribution in [-0.4, -0.2) is 19.0 Å². The molecule has 4 heteroatoms. The SMILES string of the molecule is NC/C=C/CNC(=O)c1cc2c(s1)CCCCC2. The Balaban J connectivity index is 1.96. The molecule has 0 unspecified atom stereocenters. The zero-order chi connectivity index (χ0) is 12.8. The number of rotatable bonds is 4. The van der Waals surface area contributed by atoms with Crippen LogP contribution >= 0.6 is 11.3 Å². The summed E-state index contributed by atoms with van der Waals surface area (Å²) in [5.41, 5.74) is 6.73. The first-order valence-corrected chi connectivity index (χ1v) is 7.37. The van der Waals surface area contributed by atoms with Crippen molar-refractivity contribution in [1.29, 1.82) is 0 Å². The summed E-state index contributed by atoms with van der Waals surface area (Å²) in [6.45, 7) is 1.07. The fourth-order valence-corrected chi connectivity index (χ4v) is 3.37. The molecule has 0 aliphatic heterocycles. The van der Waals surface area contributed by atoms with Gasteiger partial charge in [0.25, 0.3) is 5.91 Å². The zero-order valence-electron chi connectivity index (χ0n) is 10.6. The Bertz CT molecular complexity index is 414. The minimum atomic E-state index is 0.0368. The third-order valence-corrected chi connectivity index (χ3v) is 4.39. The van der Waals surface area contributed by atoms with E-state index >= 15 is 0 Å². The van der Waals surface area contributed by atoms with E-state index < -0.39 is 0 Å². The molecular formula is C14H20N2OS. The van der Waals surface area contributed by atoms with Crippen LogP contribution < -0.4 is 11.1 Å². The van der Waals surface area contributed by atoms with Gasteiger partial charge in [-0.1, -0.05) is 18.6 Å². The maximum absolute atomic E-state index is 11.9. The second kappa shape index (κ2) is 6.71. The summed E-state index contributed by atoms with van der Waals surface area (Å²) in [6.07, 6.45) is 9.83. The molecule has 1 aliphatic carbocycles. The highest BCUT2D eigenvalue weighted by Crippen LogP contribution is 2.28. The molecule has 1 aliphatic rings. The van der Waals surface area contributed by atoms with Crippen LogP contribution in [-0.2, 0) is 12.8 Å². The molecule has 0 fully saturated rings. The summed E-state index contributed by atoms with van der Waals surface area (Å²) in [7, 11) is 0. The topological polar surface area (TPSA) is 55.1 Å². The van der Waals surface area contributed by atoms with Gasteiger partial charge in [0.1, 0.15) is 0 Å². The van der Waals surface area contributed by atoms with Gasteiger partial charge in [-0.2, -0.15) is 0 Å². The second-order valence-electron chi connectivity index (χ2n) is 4.54. The van der Waals surface area contributed by atoms with Crippen LogP contribution in [0.3, 0.4) is 0 Å². The van der Waals surface area contributed by atoms with Gasteiger partial charge >= 0.3 is 0 Å². The molecule has 1 aromatic heterocycles. The molecule has 1 aromatic rings. The van der Waals surface area contributed by atoms with Gasteiger partial charge in [0.05, 0.1) is 4.88 Å². The molecule has 0 saturated carbocycles. The van der Waals surface area contributed by atoms with Crippen LogP contribution in [0, 0.1) is 0 Å². The van der Waals surface area contributed by atoms with E-state index in [2.05, 4.69) is 11.4 Å². The average Bonchev–Trinajstić information content (AvgIpc) is 2.66. The first kappa shape index (κ1) is 13.3. The van der Waals surface area contributed by atoms with Crippen LogP contribution in [0.15, 0.2) is 18.2 Å². The molecule has 0 saturated heterocycles. The van der Waals surface area contributed by atoms with Crippen LogP contribution in [0.1, 0.15) is 39.4 Å². The van der Waals surface area contributed by atoms with E-state index in [9.17, 15) is 4.79 Å². The van der Waals surface area contributed by atoms with Gasteiger partial charge in [0.2, 0.25) is 0 Å². The second-order valence-corrected chi connectivity index (χ2v) is 5.67. The lowest BCUT2D eigenvalue weighted by Crippen LogP contribution is -2.22. The van der Waals surface area contributed by atoms with Gasteiger partial charge in [0.15, 0.2) is 0 Å². The standard InChI is InChI=1S/C14H20N2OS/c15-8-4-5-9-16-14(17)13-10-11-6-2-1-3-7-12(11)18-13/h4-5,10H,1-3,6-9,15H2,(H,16,17)/b5-4+. The number of nitrogens with one attached hydrogen (secondary N) is 1. The molecule has 98 valence electrons. The summed E-state index contributed by atoms with van der Waals surface area (Å²) in [4.78, 5) is 14.2. The van der Waals surface area contributed by atoms with Crippen LogP contribution in [0.5, 0.6) is 0 Å². The first-order chi connectivity index (χ1) is 8.81. The van der Waals surface area contributed by atoms with Gasteiger partial charge in [-0.05, 0) is 37.3 Å². The highest BCUT2D eigenvalue weighted by Gasteiger charge is 2.15. The monoisotopic (exact) mass is 264 g/mol. The van der Waals surface area contributed by atoms with Crippen molar-refractivity contribution in [3.63, 3.8) is 0 Å². The van der Waals surface area contributed by atoms with Gasteiger partial charge in [-0.15, -0.1) is 11.3 Å². The summed E-state index contributed by atoms with van der Waals surface area (Å²) in [6, 6.07) is 2.08. The lowest BCUT2D eigenvalue weighted by atomic mass is 10.1. The molecule has 18 heavy (non-hydrogen) atoms. The van der Waals surface area contributed by atoms with E-state index in [0.717, 1.165) is 17.7 Å². The lowest BCUT2D eigenvalue weighted by Gasteiger charge is -1.99. The van der Waals surface area contributed by atoms with Gasteiger partial charge in [-0.3, -0.25) is 4.79 Å². The van der Waals surface area contributed by atoms with E-state index in [1.165, 1.54) is 29.7 Å². The molecule has 0 aromatic carbocycles. The fraction of sp³-hybridized carbons (Fsp3) is 0.500. The fourth-order valence-electron chi connectivity index (χ4n) is 2.20. The third kappa shape index (κ3) is 3.43. The van der Waals surface area contributed by atoms with Crippen molar-refractivity contribution in [1.82, 2.24) is 5.32 Å². The molecule has 0 spiro atoms. The number of aryl methyl sites for hydroxylation is 2. The number of carbonyl (C=O) groups is 1. The normalized spacial score (nSPS) is 15.4. The first-order valence-electron chi connectivity index (χ1n) is 6.56. The largest absolute Gasteiger partial charge is 0.348 e. The van der Waals surface area contributed by atoms with Crippen molar-refractivity contribution in [2.24, 2.45) is 5.73 Å². The molecule has 0 bridgehead atoms. The average molecular weight is 264 g/mol. The number of fused-ring (bicyclic) bond motifs is 1. The van der Waals surface area contributed by atoms with E-state index in [1.54, 1.807) is 11.3 Å². The highest BCUT2D eigenvalue weighted by atomic mass is 32.1. The Morgan fingerprint density at radius 1 is 1.33 bits per heavy atom. The quantitative estimate of drug-likeness (QED) is 0.647. The zero-order valence-corrected chi connectivity index (χ0v) is 11.4. The van der Waals surface area contributed by atoms with Gasteiger partial charge in [0, 0.05) is 18.0 Å². The van der Waals surface area contributed by atoms with Crippen molar-refractivity contribution in [2.45, 2.75) is 32.1 Å². The third-order valence-electron chi connectivity index (χ3n) is 3.15. The Morgan fingerprint density at radius 3 is 3.00 bits per heavy atom. The van der Waals surface area contributed by atoms with Gasteiger partial charge in [-0.25, -0.2) is 0 Å². The van der Waals surface area contributed by atoms with Crippen molar-refractivity contribution < 1.29 is 4.79 Å². The Labute approximate surface area is 112 Å². The number of hydrogen-bond acceptors (Lipinski definition) is 3. The summed E-state index contributed by atoms with van der Waals surface area (Å²) in [5, 5.41) is 2.89.